The molecule has 0 radical (unpaired) electrons. The number of aromatic hydroxyl groups is 1. The Morgan fingerprint density at radius 1 is 0.837 bits per heavy atom. The molecule has 0 spiro atoms. The highest BCUT2D eigenvalue weighted by molar-refractivity contribution is 6.04. The Morgan fingerprint density at radius 3 is 1.88 bits per heavy atom. The third-order valence-electron chi connectivity index (χ3n) is 6.83. The van der Waals surface area contributed by atoms with E-state index in [1.54, 1.807) is 52.0 Å². The zero-order valence-corrected chi connectivity index (χ0v) is 26.4. The summed E-state index contributed by atoms with van der Waals surface area (Å²) in [6, 6.07) is 10.0. The third kappa shape index (κ3) is 10.7. The number of benzene rings is 2. The number of nitrogens with zero attached hydrogens (tertiary/aromatic N) is 3. The molecule has 0 heterocycles. The van der Waals surface area contributed by atoms with Gasteiger partial charge in [0.1, 0.15) is 5.75 Å². The number of phenolic OH excluding ortho intramolecular Hbond substituents is 1. The Balaban J connectivity index is 2.45. The first-order valence-corrected chi connectivity index (χ1v) is 14.7. The number of likely N-dealkylation sites (N-methyl/N-ethyl adjacent to an activating group) is 1. The Labute approximate surface area is 254 Å². The molecule has 0 fully saturated rings. The highest BCUT2D eigenvalue weighted by atomic mass is 16.3. The number of nitrogens with one attached hydrogen (secondary N) is 2. The van der Waals surface area contributed by atoms with Crippen molar-refractivity contribution in [3.8, 4) is 5.75 Å². The van der Waals surface area contributed by atoms with Crippen molar-refractivity contribution < 1.29 is 29.4 Å². The molecule has 0 aliphatic rings. The summed E-state index contributed by atoms with van der Waals surface area (Å²) in [6.45, 7) is 8.56. The molecular weight excluding hydrogens is 550 g/mol. The molecule has 0 aliphatic heterocycles. The first kappa shape index (κ1) is 35.2. The minimum Gasteiger partial charge on any atom is -0.508 e. The van der Waals surface area contributed by atoms with Gasteiger partial charge in [-0.15, -0.1) is 0 Å². The average molecular weight is 598 g/mol. The Bertz CT molecular complexity index is 1240. The highest BCUT2D eigenvalue weighted by Gasteiger charge is 2.26. The quantitative estimate of drug-likeness (QED) is 0.231. The van der Waals surface area contributed by atoms with Crippen LogP contribution in [0.5, 0.6) is 5.75 Å². The number of hydrogen-bond acceptors (Lipinski definition) is 7. The van der Waals surface area contributed by atoms with Crippen LogP contribution in [0.4, 0.5) is 0 Å². The largest absolute Gasteiger partial charge is 0.508 e. The zero-order valence-electron chi connectivity index (χ0n) is 26.4. The van der Waals surface area contributed by atoms with Gasteiger partial charge in [-0.05, 0) is 55.2 Å². The average Bonchev–Trinajstić information content (AvgIpc) is 2.96. The summed E-state index contributed by atoms with van der Waals surface area (Å²) < 4.78 is 0. The SMILES string of the molecule is CCCN(CCC)C(=O)c1cc(C(=O)NC(Cc2ccc(O)cc2)C(O)CN(C)NC(=O)C(C)C)cc(C(=O)N(C)C)c1. The standard InChI is InChI=1S/C32H47N5O6/c1-8-14-37(15-9-2)32(43)25-18-23(17-24(19-25)31(42)35(5)6)30(41)33-27(16-22-10-12-26(38)13-11-22)28(39)20-36(7)34-29(40)21(3)4/h10-13,17-19,21,27-28,38-39H,8-9,14-16,20H2,1-7H3,(H,33,41)(H,34,40). The van der Waals surface area contributed by atoms with Crippen LogP contribution in [0.2, 0.25) is 0 Å². The van der Waals surface area contributed by atoms with Crippen LogP contribution < -0.4 is 10.7 Å². The van der Waals surface area contributed by atoms with Gasteiger partial charge in [-0.2, -0.15) is 0 Å². The Hall–Kier alpha value is -3.96. The molecule has 0 saturated carbocycles. The van der Waals surface area contributed by atoms with Crippen LogP contribution >= 0.6 is 0 Å². The lowest BCUT2D eigenvalue weighted by Gasteiger charge is -2.29. The number of carbonyl (C=O) groups excluding carboxylic acids is 4. The molecule has 236 valence electrons. The van der Waals surface area contributed by atoms with Gasteiger partial charge in [-0.3, -0.25) is 24.6 Å². The molecule has 2 unspecified atom stereocenters. The predicted molar refractivity (Wildman–Crippen MR) is 166 cm³/mol. The number of hydrogen-bond donors (Lipinski definition) is 4. The van der Waals surface area contributed by atoms with Crippen LogP contribution in [0.3, 0.4) is 0 Å². The van der Waals surface area contributed by atoms with Crippen molar-refractivity contribution in [2.45, 2.75) is 59.1 Å². The summed E-state index contributed by atoms with van der Waals surface area (Å²) in [4.78, 5) is 55.3. The monoisotopic (exact) mass is 597 g/mol. The van der Waals surface area contributed by atoms with Gasteiger partial charge in [-0.25, -0.2) is 5.01 Å². The van der Waals surface area contributed by atoms with E-state index in [9.17, 15) is 29.4 Å². The second-order valence-electron chi connectivity index (χ2n) is 11.3. The minimum atomic E-state index is -1.12. The molecule has 4 amide bonds. The van der Waals surface area contributed by atoms with E-state index in [1.807, 2.05) is 13.8 Å². The van der Waals surface area contributed by atoms with E-state index in [0.717, 1.165) is 18.4 Å². The lowest BCUT2D eigenvalue weighted by Crippen LogP contribution is -2.52. The molecule has 11 nitrogen and oxygen atoms in total. The van der Waals surface area contributed by atoms with Crippen LogP contribution in [0.25, 0.3) is 0 Å². The van der Waals surface area contributed by atoms with Crippen LogP contribution in [-0.4, -0.2) is 102 Å². The molecule has 2 aromatic rings. The summed E-state index contributed by atoms with van der Waals surface area (Å²) in [6.07, 6.45) is 0.617. The lowest BCUT2D eigenvalue weighted by molar-refractivity contribution is -0.129. The fourth-order valence-electron chi connectivity index (χ4n) is 4.49. The van der Waals surface area contributed by atoms with Crippen molar-refractivity contribution in [2.75, 3.05) is 40.8 Å². The van der Waals surface area contributed by atoms with Crippen LogP contribution in [0.1, 0.15) is 77.2 Å². The number of hydrazine groups is 1. The van der Waals surface area contributed by atoms with Gasteiger partial charge >= 0.3 is 0 Å². The van der Waals surface area contributed by atoms with Crippen molar-refractivity contribution in [1.29, 1.82) is 0 Å². The molecule has 0 aliphatic carbocycles. The second-order valence-corrected chi connectivity index (χ2v) is 11.3. The second kappa shape index (κ2) is 16.6. The van der Waals surface area contributed by atoms with Crippen molar-refractivity contribution >= 4 is 23.6 Å². The molecule has 0 saturated heterocycles. The number of phenols is 1. The van der Waals surface area contributed by atoms with E-state index in [0.29, 0.717) is 13.1 Å². The maximum atomic E-state index is 13.7. The summed E-state index contributed by atoms with van der Waals surface area (Å²) in [5, 5.41) is 25.3. The maximum Gasteiger partial charge on any atom is 0.253 e. The highest BCUT2D eigenvalue weighted by Crippen LogP contribution is 2.17. The number of amides is 4. The number of aliphatic hydroxyl groups is 1. The van der Waals surface area contributed by atoms with Crippen molar-refractivity contribution in [3.05, 3.63) is 64.7 Å². The van der Waals surface area contributed by atoms with Crippen LogP contribution in [0.15, 0.2) is 42.5 Å². The van der Waals surface area contributed by atoms with Gasteiger partial charge in [0.25, 0.3) is 17.7 Å². The molecule has 43 heavy (non-hydrogen) atoms. The summed E-state index contributed by atoms with van der Waals surface area (Å²) in [5.41, 5.74) is 3.98. The normalized spacial score (nSPS) is 12.5. The molecule has 2 rings (SSSR count). The van der Waals surface area contributed by atoms with Gasteiger partial charge in [0, 0.05) is 63.4 Å². The van der Waals surface area contributed by atoms with Gasteiger partial charge in [0.15, 0.2) is 0 Å². The molecule has 0 aromatic heterocycles. The number of carbonyl (C=O) groups is 4. The van der Waals surface area contributed by atoms with Crippen LogP contribution in [0, 0.1) is 5.92 Å². The first-order chi connectivity index (χ1) is 20.3. The van der Waals surface area contributed by atoms with Crippen molar-refractivity contribution in [1.82, 2.24) is 25.6 Å². The predicted octanol–water partition coefficient (Wildman–Crippen LogP) is 2.68. The summed E-state index contributed by atoms with van der Waals surface area (Å²) in [5.74, 6) is -1.59. The lowest BCUT2D eigenvalue weighted by atomic mass is 9.99. The fraction of sp³-hybridized carbons (Fsp3) is 0.500. The summed E-state index contributed by atoms with van der Waals surface area (Å²) >= 11 is 0. The smallest absolute Gasteiger partial charge is 0.253 e. The molecule has 2 aromatic carbocycles. The minimum absolute atomic E-state index is 0.00732. The van der Waals surface area contributed by atoms with E-state index in [4.69, 9.17) is 0 Å². The summed E-state index contributed by atoms with van der Waals surface area (Å²) in [7, 11) is 4.81. The number of rotatable bonds is 15. The van der Waals surface area contributed by atoms with E-state index >= 15 is 0 Å². The van der Waals surface area contributed by atoms with Gasteiger partial charge in [0.05, 0.1) is 12.1 Å². The van der Waals surface area contributed by atoms with Crippen molar-refractivity contribution in [3.63, 3.8) is 0 Å². The van der Waals surface area contributed by atoms with Gasteiger partial charge in [0.2, 0.25) is 5.91 Å². The zero-order chi connectivity index (χ0) is 32.3. The maximum absolute atomic E-state index is 13.7. The molecule has 2 atom stereocenters. The van der Waals surface area contributed by atoms with E-state index in [2.05, 4.69) is 10.7 Å². The first-order valence-electron chi connectivity index (χ1n) is 14.7. The van der Waals surface area contributed by atoms with E-state index < -0.39 is 18.1 Å². The van der Waals surface area contributed by atoms with E-state index in [-0.39, 0.29) is 59.0 Å². The molecule has 4 N–H and O–H groups in total. The third-order valence-corrected chi connectivity index (χ3v) is 6.83. The fourth-order valence-corrected chi connectivity index (χ4v) is 4.49. The number of aliphatic hydroxyl groups excluding tert-OH is 1. The Morgan fingerprint density at radius 2 is 1.37 bits per heavy atom. The van der Waals surface area contributed by atoms with Crippen LogP contribution in [-0.2, 0) is 11.2 Å². The molecule has 11 heteroatoms. The van der Waals surface area contributed by atoms with E-state index in [1.165, 1.54) is 40.2 Å². The topological polar surface area (TPSA) is 143 Å². The van der Waals surface area contributed by atoms with Crippen molar-refractivity contribution in [2.24, 2.45) is 5.92 Å². The Kier molecular flexibility index (Phi) is 13.6. The molecular formula is C32H47N5O6. The molecule has 0 bridgehead atoms. The van der Waals surface area contributed by atoms with Gasteiger partial charge in [-0.1, -0.05) is 39.8 Å². The van der Waals surface area contributed by atoms with Gasteiger partial charge < -0.3 is 25.3 Å².